The summed E-state index contributed by atoms with van der Waals surface area (Å²) in [4.78, 5) is 6.55. The molecule has 1 saturated heterocycles. The van der Waals surface area contributed by atoms with Gasteiger partial charge < -0.3 is 10.2 Å². The Morgan fingerprint density at radius 2 is 2.26 bits per heavy atom. The number of nitrogens with one attached hydrogen (secondary N) is 1. The normalized spacial score (nSPS) is 18.9. The second-order valence-electron chi connectivity index (χ2n) is 5.38. The van der Waals surface area contributed by atoms with Crippen LogP contribution in [0.3, 0.4) is 0 Å². The van der Waals surface area contributed by atoms with Crippen LogP contribution in [0.4, 0.5) is 5.69 Å². The molecule has 19 heavy (non-hydrogen) atoms. The predicted octanol–water partition coefficient (Wildman–Crippen LogP) is 2.15. The Morgan fingerprint density at radius 3 is 2.89 bits per heavy atom. The van der Waals surface area contributed by atoms with E-state index in [1.807, 2.05) is 19.9 Å². The molecule has 4 nitrogen and oxygen atoms in total. The van der Waals surface area contributed by atoms with Crippen LogP contribution in [0.5, 0.6) is 0 Å². The third kappa shape index (κ3) is 3.24. The Bertz CT molecular complexity index is 484. The van der Waals surface area contributed by atoms with Gasteiger partial charge in [-0.25, -0.2) is 0 Å². The highest BCUT2D eigenvalue weighted by molar-refractivity contribution is 5.61. The summed E-state index contributed by atoms with van der Waals surface area (Å²) in [7, 11) is 2.06. The summed E-state index contributed by atoms with van der Waals surface area (Å²) >= 11 is 0. The molecule has 2 rings (SSSR count). The number of rotatable bonds is 3. The van der Waals surface area contributed by atoms with Crippen molar-refractivity contribution >= 4 is 5.69 Å². The van der Waals surface area contributed by atoms with Crippen molar-refractivity contribution in [1.82, 2.24) is 10.3 Å². The number of likely N-dealkylation sites (N-methyl/N-ethyl adjacent to an activating group) is 1. The summed E-state index contributed by atoms with van der Waals surface area (Å²) in [6, 6.07) is 4.82. The van der Waals surface area contributed by atoms with E-state index in [4.69, 9.17) is 0 Å². The van der Waals surface area contributed by atoms with Crippen molar-refractivity contribution < 1.29 is 0 Å². The first-order chi connectivity index (χ1) is 9.11. The van der Waals surface area contributed by atoms with Crippen LogP contribution >= 0.6 is 0 Å². The van der Waals surface area contributed by atoms with Gasteiger partial charge in [-0.1, -0.05) is 6.42 Å². The van der Waals surface area contributed by atoms with Crippen molar-refractivity contribution in [3.05, 3.63) is 23.0 Å². The van der Waals surface area contributed by atoms with Crippen molar-refractivity contribution in [2.75, 3.05) is 25.0 Å². The molecule has 1 aromatic heterocycles. The van der Waals surface area contributed by atoms with Gasteiger partial charge in [0.25, 0.3) is 0 Å². The third-order valence-electron chi connectivity index (χ3n) is 3.74. The van der Waals surface area contributed by atoms with E-state index in [0.717, 1.165) is 30.2 Å². The molecule has 1 N–H and O–H groups in total. The van der Waals surface area contributed by atoms with Crippen molar-refractivity contribution in [3.8, 4) is 6.07 Å². The van der Waals surface area contributed by atoms with Crippen LogP contribution < -0.4 is 10.2 Å². The molecule has 0 radical (unpaired) electrons. The average molecular weight is 258 g/mol. The standard InChI is InChI=1S/C15H22N4/c1-11-8-15(14(9-16)12(2)18-11)19(3)10-13-6-4-5-7-17-13/h8,13,17H,4-7,10H2,1-3H3. The maximum atomic E-state index is 9.31. The number of pyridine rings is 1. The van der Waals surface area contributed by atoms with Gasteiger partial charge in [-0.05, 0) is 39.3 Å². The van der Waals surface area contributed by atoms with Gasteiger partial charge in [0, 0.05) is 25.3 Å². The molecule has 0 aromatic carbocycles. The number of hydrogen-bond acceptors (Lipinski definition) is 4. The molecule has 1 fully saturated rings. The van der Waals surface area contributed by atoms with Gasteiger partial charge in [0.05, 0.1) is 16.9 Å². The van der Waals surface area contributed by atoms with Crippen LogP contribution in [0.25, 0.3) is 0 Å². The summed E-state index contributed by atoms with van der Waals surface area (Å²) in [6.45, 7) is 5.93. The number of piperidine rings is 1. The zero-order chi connectivity index (χ0) is 13.8. The molecular formula is C15H22N4. The number of nitrogens with zero attached hydrogens (tertiary/aromatic N) is 3. The van der Waals surface area contributed by atoms with E-state index in [9.17, 15) is 5.26 Å². The minimum atomic E-state index is 0.527. The molecule has 4 heteroatoms. The molecule has 1 atom stereocenters. The van der Waals surface area contributed by atoms with Gasteiger partial charge in [-0.3, -0.25) is 4.98 Å². The highest BCUT2D eigenvalue weighted by Crippen LogP contribution is 2.23. The topological polar surface area (TPSA) is 52.0 Å². The van der Waals surface area contributed by atoms with Crippen LogP contribution in [0.2, 0.25) is 0 Å². The predicted molar refractivity (Wildman–Crippen MR) is 77.3 cm³/mol. The van der Waals surface area contributed by atoms with Crippen LogP contribution in [-0.2, 0) is 0 Å². The molecule has 0 saturated carbocycles. The summed E-state index contributed by atoms with van der Waals surface area (Å²) in [5, 5.41) is 12.9. The van der Waals surface area contributed by atoms with Crippen molar-refractivity contribution in [3.63, 3.8) is 0 Å². The highest BCUT2D eigenvalue weighted by Gasteiger charge is 2.18. The fourth-order valence-electron chi connectivity index (χ4n) is 2.76. The fourth-order valence-corrected chi connectivity index (χ4v) is 2.76. The molecule has 2 heterocycles. The van der Waals surface area contributed by atoms with Crippen LogP contribution in [0.1, 0.15) is 36.2 Å². The molecule has 1 aliphatic heterocycles. The molecule has 1 aromatic rings. The molecule has 0 aliphatic carbocycles. The van der Waals surface area contributed by atoms with Gasteiger partial charge in [0.1, 0.15) is 6.07 Å². The Balaban J connectivity index is 2.18. The molecule has 1 aliphatic rings. The zero-order valence-corrected chi connectivity index (χ0v) is 12.0. The van der Waals surface area contributed by atoms with Gasteiger partial charge in [-0.2, -0.15) is 5.26 Å². The lowest BCUT2D eigenvalue weighted by atomic mass is 10.0. The van der Waals surface area contributed by atoms with Gasteiger partial charge in [0.2, 0.25) is 0 Å². The smallest absolute Gasteiger partial charge is 0.103 e. The van der Waals surface area contributed by atoms with E-state index >= 15 is 0 Å². The van der Waals surface area contributed by atoms with Gasteiger partial charge in [-0.15, -0.1) is 0 Å². The summed E-state index contributed by atoms with van der Waals surface area (Å²) in [5.74, 6) is 0. The zero-order valence-electron chi connectivity index (χ0n) is 12.0. The van der Waals surface area contributed by atoms with E-state index < -0.39 is 0 Å². The molecule has 0 amide bonds. The first-order valence-corrected chi connectivity index (χ1v) is 6.94. The number of hydrogen-bond donors (Lipinski definition) is 1. The van der Waals surface area contributed by atoms with E-state index in [2.05, 4.69) is 28.3 Å². The minimum Gasteiger partial charge on any atom is -0.372 e. The lowest BCUT2D eigenvalue weighted by Crippen LogP contribution is -2.42. The molecule has 102 valence electrons. The van der Waals surface area contributed by atoms with Crippen LogP contribution in [0, 0.1) is 25.2 Å². The first kappa shape index (κ1) is 13.8. The molecule has 0 bridgehead atoms. The number of aryl methyl sites for hydroxylation is 2. The van der Waals surface area contributed by atoms with E-state index in [1.165, 1.54) is 19.3 Å². The fraction of sp³-hybridized carbons (Fsp3) is 0.600. The van der Waals surface area contributed by atoms with Gasteiger partial charge in [0.15, 0.2) is 0 Å². The van der Waals surface area contributed by atoms with Gasteiger partial charge >= 0.3 is 0 Å². The summed E-state index contributed by atoms with van der Waals surface area (Å²) in [6.07, 6.45) is 3.79. The quantitative estimate of drug-likeness (QED) is 0.902. The van der Waals surface area contributed by atoms with Crippen molar-refractivity contribution in [1.29, 1.82) is 5.26 Å². The Hall–Kier alpha value is -1.60. The monoisotopic (exact) mass is 258 g/mol. The SMILES string of the molecule is Cc1cc(N(C)CC2CCCCN2)c(C#N)c(C)n1. The molecule has 1 unspecified atom stereocenters. The van der Waals surface area contributed by atoms with E-state index in [-0.39, 0.29) is 0 Å². The summed E-state index contributed by atoms with van der Waals surface area (Å²) < 4.78 is 0. The highest BCUT2D eigenvalue weighted by atomic mass is 15.1. The van der Waals surface area contributed by atoms with Crippen LogP contribution in [-0.4, -0.2) is 31.2 Å². The number of anilines is 1. The third-order valence-corrected chi connectivity index (χ3v) is 3.74. The first-order valence-electron chi connectivity index (χ1n) is 6.94. The van der Waals surface area contributed by atoms with E-state index in [1.54, 1.807) is 0 Å². The Labute approximate surface area is 115 Å². The van der Waals surface area contributed by atoms with Crippen LogP contribution in [0.15, 0.2) is 6.07 Å². The summed E-state index contributed by atoms with van der Waals surface area (Å²) in [5.41, 5.74) is 3.49. The number of nitriles is 1. The average Bonchev–Trinajstić information content (AvgIpc) is 2.39. The molecule has 0 spiro atoms. The maximum absolute atomic E-state index is 9.31. The lowest BCUT2D eigenvalue weighted by Gasteiger charge is -2.30. The van der Waals surface area contributed by atoms with E-state index in [0.29, 0.717) is 11.6 Å². The Morgan fingerprint density at radius 1 is 1.47 bits per heavy atom. The minimum absolute atomic E-state index is 0.527. The Kier molecular flexibility index (Phi) is 4.39. The van der Waals surface area contributed by atoms with Crippen molar-refractivity contribution in [2.45, 2.75) is 39.2 Å². The molecular weight excluding hydrogens is 236 g/mol. The number of aromatic nitrogens is 1. The second-order valence-corrected chi connectivity index (χ2v) is 5.38. The van der Waals surface area contributed by atoms with Crippen molar-refractivity contribution in [2.24, 2.45) is 0 Å². The second kappa shape index (κ2) is 6.03. The lowest BCUT2D eigenvalue weighted by molar-refractivity contribution is 0.403. The maximum Gasteiger partial charge on any atom is 0.103 e. The largest absolute Gasteiger partial charge is 0.372 e.